The third kappa shape index (κ3) is 14.4. The molecule has 0 aliphatic heterocycles. The zero-order valence-electron chi connectivity index (χ0n) is 13.4. The van der Waals surface area contributed by atoms with E-state index < -0.39 is 0 Å². The Morgan fingerprint density at radius 1 is 0.625 bits per heavy atom. The average Bonchev–Trinajstić information content (AvgIpc) is 2.54. The van der Waals surface area contributed by atoms with Gasteiger partial charge >= 0.3 is 0 Å². The number of quaternary nitrogens is 1. The largest absolute Gasteiger partial charge is 0.390 e. The van der Waals surface area contributed by atoms with Crippen LogP contribution in [0.1, 0.15) is 0 Å². The number of rotatable bonds is 2. The van der Waals surface area contributed by atoms with Crippen molar-refractivity contribution in [2.75, 3.05) is 27.2 Å². The lowest BCUT2D eigenvalue weighted by Crippen LogP contribution is -2.36. The Morgan fingerprint density at radius 3 is 1.29 bits per heavy atom. The lowest BCUT2D eigenvalue weighted by molar-refractivity contribution is -0.822. The van der Waals surface area contributed by atoms with Gasteiger partial charge in [-0.2, -0.15) is 0 Å². The Bertz CT molecular complexity index is 990. The number of hydrogen-bond donors (Lipinski definition) is 1. The number of aliphatic hydroxyl groups excluding tert-OH is 1. The molecule has 1 N–H and O–H groups in total. The molecular weight excluding hydrogens is 294 g/mol. The first-order valence-electron chi connectivity index (χ1n) is 6.54. The second kappa shape index (κ2) is 13.9. The van der Waals surface area contributed by atoms with Crippen LogP contribution in [0.2, 0.25) is 0 Å². The van der Waals surface area contributed by atoms with Crippen LogP contribution < -0.4 is 0 Å². The van der Waals surface area contributed by atoms with Gasteiger partial charge < -0.3 is 5.11 Å². The molecule has 2 heteroatoms. The third-order valence-electron chi connectivity index (χ3n) is 1.96. The zero-order chi connectivity index (χ0) is 17.9. The number of terminal acetylenes is 1. The molecular formula is C22H12NO+. The van der Waals surface area contributed by atoms with Crippen molar-refractivity contribution in [1.82, 2.24) is 0 Å². The molecule has 0 spiro atoms. The Balaban J connectivity index is 4.46. The van der Waals surface area contributed by atoms with Crippen molar-refractivity contribution >= 4 is 0 Å². The molecule has 0 fully saturated rings. The van der Waals surface area contributed by atoms with Gasteiger partial charge in [-0.05, 0) is 47.4 Å². The lowest BCUT2D eigenvalue weighted by Gasteiger charge is -2.18. The summed E-state index contributed by atoms with van der Waals surface area (Å²) in [4.78, 5) is 0. The molecule has 0 aromatic heterocycles. The molecule has 24 heavy (non-hydrogen) atoms. The van der Waals surface area contributed by atoms with E-state index in [1.807, 2.05) is 14.1 Å². The summed E-state index contributed by atoms with van der Waals surface area (Å²) in [6, 6.07) is 2.89. The van der Waals surface area contributed by atoms with Gasteiger partial charge in [0.25, 0.3) is 0 Å². The van der Waals surface area contributed by atoms with E-state index >= 15 is 0 Å². The maximum absolute atomic E-state index is 8.84. The topological polar surface area (TPSA) is 20.2 Å². The van der Waals surface area contributed by atoms with Gasteiger partial charge in [-0.3, -0.25) is 0 Å². The quantitative estimate of drug-likeness (QED) is 0.547. The molecule has 0 aromatic rings. The molecule has 0 rings (SSSR count). The SMILES string of the molecule is C#CC#CC#CC#CC#CC#CC#CC#CC#C[N+](C)(C)CCO. The molecule has 0 bridgehead atoms. The number of likely N-dealkylation sites (N-methyl/N-ethyl adjacent to an activating group) is 1. The van der Waals surface area contributed by atoms with E-state index in [0.717, 1.165) is 0 Å². The van der Waals surface area contributed by atoms with Gasteiger partial charge in [-0.25, -0.2) is 4.48 Å². The molecule has 0 aliphatic rings. The number of nitrogens with zero attached hydrogens (tertiary/aromatic N) is 1. The second-order valence-corrected chi connectivity index (χ2v) is 4.26. The van der Waals surface area contributed by atoms with E-state index in [0.29, 0.717) is 11.0 Å². The summed E-state index contributed by atoms with van der Waals surface area (Å²) in [5, 5.41) is 8.84. The molecule has 0 saturated carbocycles. The minimum atomic E-state index is 0.0718. The summed E-state index contributed by atoms with van der Waals surface area (Å²) in [7, 11) is 3.75. The van der Waals surface area contributed by atoms with Crippen molar-refractivity contribution in [3.63, 3.8) is 0 Å². The van der Waals surface area contributed by atoms with Gasteiger partial charge in [0.15, 0.2) is 6.04 Å². The Hall–Kier alpha value is -4.04. The van der Waals surface area contributed by atoms with Gasteiger partial charge in [-0.15, -0.1) is 6.42 Å². The minimum Gasteiger partial charge on any atom is -0.390 e. The lowest BCUT2D eigenvalue weighted by atomic mass is 10.4. The minimum absolute atomic E-state index is 0.0718. The number of aliphatic hydroxyl groups is 1. The van der Waals surface area contributed by atoms with Crippen molar-refractivity contribution in [2.24, 2.45) is 0 Å². The van der Waals surface area contributed by atoms with Crippen LogP contribution >= 0.6 is 0 Å². The van der Waals surface area contributed by atoms with Crippen molar-refractivity contribution in [2.45, 2.75) is 0 Å². The van der Waals surface area contributed by atoms with Gasteiger partial charge in [0.2, 0.25) is 0 Å². The smallest absolute Gasteiger partial charge is 0.151 e. The van der Waals surface area contributed by atoms with Gasteiger partial charge in [0.1, 0.15) is 6.54 Å². The van der Waals surface area contributed by atoms with E-state index in [1.165, 1.54) is 0 Å². The molecule has 0 amide bonds. The van der Waals surface area contributed by atoms with E-state index in [4.69, 9.17) is 11.5 Å². The highest BCUT2D eigenvalue weighted by molar-refractivity contribution is 5.46. The first-order chi connectivity index (χ1) is 11.6. The third-order valence-corrected chi connectivity index (χ3v) is 1.96. The van der Waals surface area contributed by atoms with E-state index in [2.05, 4.69) is 101 Å². The van der Waals surface area contributed by atoms with Gasteiger partial charge in [-0.1, -0.05) is 0 Å². The normalized spacial score (nSPS) is 6.25. The fourth-order valence-electron chi connectivity index (χ4n) is 0.928. The van der Waals surface area contributed by atoms with Crippen LogP contribution in [0.25, 0.3) is 0 Å². The van der Waals surface area contributed by atoms with Crippen LogP contribution in [-0.4, -0.2) is 36.8 Å². The van der Waals surface area contributed by atoms with E-state index in [-0.39, 0.29) is 6.61 Å². The van der Waals surface area contributed by atoms with Gasteiger partial charge in [0.05, 0.1) is 26.6 Å². The molecule has 0 saturated heterocycles. The summed E-state index contributed by atoms with van der Waals surface area (Å²) in [6.45, 7) is 0.611. The molecule has 0 radical (unpaired) electrons. The fraction of sp³-hybridized carbons (Fsp3) is 0.182. The van der Waals surface area contributed by atoms with Gasteiger partial charge in [0, 0.05) is 41.4 Å². The van der Waals surface area contributed by atoms with Crippen LogP contribution in [0.15, 0.2) is 0 Å². The Labute approximate surface area is 144 Å². The van der Waals surface area contributed by atoms with Crippen LogP contribution in [0, 0.1) is 107 Å². The molecule has 2 nitrogen and oxygen atoms in total. The first-order valence-corrected chi connectivity index (χ1v) is 6.54. The second-order valence-electron chi connectivity index (χ2n) is 4.26. The van der Waals surface area contributed by atoms with E-state index in [1.54, 1.807) is 0 Å². The predicted octanol–water partition coefficient (Wildman–Crippen LogP) is -0.327. The van der Waals surface area contributed by atoms with E-state index in [9.17, 15) is 0 Å². The number of hydrogen-bond acceptors (Lipinski definition) is 1. The maximum Gasteiger partial charge on any atom is 0.151 e. The first kappa shape index (κ1) is 20.0. The van der Waals surface area contributed by atoms with Crippen molar-refractivity contribution in [3.8, 4) is 107 Å². The fourth-order valence-corrected chi connectivity index (χ4v) is 0.928. The van der Waals surface area contributed by atoms with Crippen LogP contribution in [-0.2, 0) is 0 Å². The van der Waals surface area contributed by atoms with Crippen molar-refractivity contribution in [3.05, 3.63) is 0 Å². The van der Waals surface area contributed by atoms with Crippen LogP contribution in [0.4, 0.5) is 0 Å². The standard InChI is InChI=1S/C22H12NO/c1-4-5-6-7-8-9-10-11-12-13-14-15-16-17-18-19-20-23(2,3)21-22-24/h1,24H,21-22H2,2-3H3/q+1. The maximum atomic E-state index is 8.84. The van der Waals surface area contributed by atoms with Crippen LogP contribution in [0.5, 0.6) is 0 Å². The van der Waals surface area contributed by atoms with Crippen LogP contribution in [0.3, 0.4) is 0 Å². The summed E-state index contributed by atoms with van der Waals surface area (Å²) >= 11 is 0. The zero-order valence-corrected chi connectivity index (χ0v) is 13.4. The monoisotopic (exact) mass is 306 g/mol. The summed E-state index contributed by atoms with van der Waals surface area (Å²) in [6.07, 6.45) is 4.91. The molecule has 0 aliphatic carbocycles. The Kier molecular flexibility index (Phi) is 11.6. The molecule has 0 atom stereocenters. The molecule has 0 aromatic carbocycles. The average molecular weight is 306 g/mol. The highest BCUT2D eigenvalue weighted by atomic mass is 16.3. The highest BCUT2D eigenvalue weighted by Crippen LogP contribution is 1.90. The summed E-state index contributed by atoms with van der Waals surface area (Å²) < 4.78 is 0.371. The Morgan fingerprint density at radius 2 is 0.958 bits per heavy atom. The van der Waals surface area contributed by atoms with Crippen molar-refractivity contribution < 1.29 is 9.59 Å². The molecule has 110 valence electrons. The molecule has 0 unspecified atom stereocenters. The predicted molar refractivity (Wildman–Crippen MR) is 95.1 cm³/mol. The summed E-state index contributed by atoms with van der Waals surface area (Å²) in [5.41, 5.74) is 0. The molecule has 0 heterocycles. The highest BCUT2D eigenvalue weighted by Gasteiger charge is 2.09. The summed E-state index contributed by atoms with van der Waals surface area (Å²) in [5.74, 6) is 39.6. The van der Waals surface area contributed by atoms with Crippen molar-refractivity contribution in [1.29, 1.82) is 0 Å².